The van der Waals surface area contributed by atoms with Crippen molar-refractivity contribution in [2.75, 3.05) is 14.2 Å². The van der Waals surface area contributed by atoms with Gasteiger partial charge in [0.2, 0.25) is 5.75 Å². The van der Waals surface area contributed by atoms with Crippen molar-refractivity contribution < 1.29 is 28.5 Å². The van der Waals surface area contributed by atoms with E-state index >= 15 is 0 Å². The molecule has 2 rings (SSSR count). The normalized spacial score (nSPS) is 10.1. The monoisotopic (exact) mass is 278 g/mol. The molecule has 0 saturated heterocycles. The molecule has 0 saturated carbocycles. The van der Waals surface area contributed by atoms with Crippen molar-refractivity contribution >= 4 is 5.97 Å². The molecule has 2 aromatic rings. The summed E-state index contributed by atoms with van der Waals surface area (Å²) in [6.07, 6.45) is 1.17. The minimum Gasteiger partial charge on any atom is -0.493 e. The molecular formula is C14H14O6. The van der Waals surface area contributed by atoms with Crippen LogP contribution in [-0.4, -0.2) is 25.3 Å². The maximum Gasteiger partial charge on any atom is 0.338 e. The second kappa shape index (κ2) is 6.01. The van der Waals surface area contributed by atoms with Gasteiger partial charge in [0.1, 0.15) is 18.6 Å². The lowest BCUT2D eigenvalue weighted by Crippen LogP contribution is -1.99. The van der Waals surface area contributed by atoms with Crippen LogP contribution in [0.2, 0.25) is 0 Å². The molecule has 0 radical (unpaired) electrons. The van der Waals surface area contributed by atoms with Gasteiger partial charge in [-0.15, -0.1) is 0 Å². The van der Waals surface area contributed by atoms with Crippen LogP contribution in [-0.2, 0) is 6.61 Å². The SMILES string of the molecule is COc1cccc(OC)c1OCc1cc(C(=O)O)co1. The van der Waals surface area contributed by atoms with E-state index in [-0.39, 0.29) is 12.2 Å². The van der Waals surface area contributed by atoms with Crippen molar-refractivity contribution in [2.45, 2.75) is 6.61 Å². The van der Waals surface area contributed by atoms with Crippen molar-refractivity contribution in [3.05, 3.63) is 41.9 Å². The molecule has 0 aliphatic rings. The molecule has 1 N–H and O–H groups in total. The van der Waals surface area contributed by atoms with E-state index in [2.05, 4.69) is 0 Å². The minimum atomic E-state index is -1.05. The Morgan fingerprint density at radius 2 is 1.90 bits per heavy atom. The van der Waals surface area contributed by atoms with Crippen LogP contribution in [0.4, 0.5) is 0 Å². The summed E-state index contributed by atoms with van der Waals surface area (Å²) in [4.78, 5) is 10.7. The summed E-state index contributed by atoms with van der Waals surface area (Å²) in [5.41, 5.74) is 0.0793. The highest BCUT2D eigenvalue weighted by molar-refractivity contribution is 5.87. The first-order chi connectivity index (χ1) is 9.65. The fourth-order valence-corrected chi connectivity index (χ4v) is 1.67. The zero-order valence-corrected chi connectivity index (χ0v) is 11.1. The number of benzene rings is 1. The van der Waals surface area contributed by atoms with E-state index in [0.29, 0.717) is 23.0 Å². The summed E-state index contributed by atoms with van der Waals surface area (Å²) in [5, 5.41) is 8.81. The fraction of sp³-hybridized carbons (Fsp3) is 0.214. The number of furan rings is 1. The van der Waals surface area contributed by atoms with E-state index in [1.54, 1.807) is 18.2 Å². The van der Waals surface area contributed by atoms with Crippen molar-refractivity contribution in [3.63, 3.8) is 0 Å². The third-order valence-electron chi connectivity index (χ3n) is 2.64. The lowest BCUT2D eigenvalue weighted by atomic mass is 10.3. The van der Waals surface area contributed by atoms with E-state index < -0.39 is 5.97 Å². The summed E-state index contributed by atoms with van der Waals surface area (Å²) >= 11 is 0. The third kappa shape index (κ3) is 2.85. The molecule has 6 heteroatoms. The van der Waals surface area contributed by atoms with Gasteiger partial charge in [0.05, 0.1) is 19.8 Å². The molecule has 0 aliphatic carbocycles. The molecule has 0 bridgehead atoms. The van der Waals surface area contributed by atoms with Crippen LogP contribution in [0.15, 0.2) is 34.9 Å². The first-order valence-electron chi connectivity index (χ1n) is 5.80. The second-order valence-corrected chi connectivity index (χ2v) is 3.89. The van der Waals surface area contributed by atoms with Crippen LogP contribution in [0.3, 0.4) is 0 Å². The van der Waals surface area contributed by atoms with Gasteiger partial charge in [0.25, 0.3) is 0 Å². The molecule has 0 unspecified atom stereocenters. The predicted molar refractivity (Wildman–Crippen MR) is 69.5 cm³/mol. The lowest BCUT2D eigenvalue weighted by Gasteiger charge is -2.13. The number of hydrogen-bond donors (Lipinski definition) is 1. The van der Waals surface area contributed by atoms with E-state index in [4.69, 9.17) is 23.7 Å². The number of methoxy groups -OCH3 is 2. The Morgan fingerprint density at radius 1 is 1.25 bits per heavy atom. The average molecular weight is 278 g/mol. The quantitative estimate of drug-likeness (QED) is 0.875. The Hall–Kier alpha value is -2.63. The number of para-hydroxylation sites is 1. The second-order valence-electron chi connectivity index (χ2n) is 3.89. The molecule has 0 amide bonds. The lowest BCUT2D eigenvalue weighted by molar-refractivity contribution is 0.0696. The molecule has 1 aromatic carbocycles. The van der Waals surface area contributed by atoms with E-state index in [9.17, 15) is 4.79 Å². The Kier molecular flexibility index (Phi) is 4.14. The molecule has 106 valence electrons. The third-order valence-corrected chi connectivity index (χ3v) is 2.64. The zero-order valence-electron chi connectivity index (χ0n) is 11.1. The Bertz CT molecular complexity index is 579. The van der Waals surface area contributed by atoms with Crippen LogP contribution in [0, 0.1) is 0 Å². The van der Waals surface area contributed by atoms with Crippen molar-refractivity contribution in [1.29, 1.82) is 0 Å². The zero-order chi connectivity index (χ0) is 14.5. The Labute approximate surface area is 115 Å². The number of aromatic carboxylic acids is 1. The summed E-state index contributed by atoms with van der Waals surface area (Å²) in [6.45, 7) is 0.0734. The minimum absolute atomic E-state index is 0.0734. The van der Waals surface area contributed by atoms with E-state index in [0.717, 1.165) is 0 Å². The highest BCUT2D eigenvalue weighted by Crippen LogP contribution is 2.37. The van der Waals surface area contributed by atoms with Crippen LogP contribution in [0.5, 0.6) is 17.2 Å². The van der Waals surface area contributed by atoms with Gasteiger partial charge < -0.3 is 23.7 Å². The van der Waals surface area contributed by atoms with Gasteiger partial charge in [-0.2, -0.15) is 0 Å². The number of carboxylic acids is 1. The molecular weight excluding hydrogens is 264 g/mol. The maximum atomic E-state index is 10.7. The Morgan fingerprint density at radius 3 is 2.40 bits per heavy atom. The molecule has 0 spiro atoms. The molecule has 1 aromatic heterocycles. The van der Waals surface area contributed by atoms with E-state index in [1.807, 2.05) is 0 Å². The van der Waals surface area contributed by atoms with Crippen LogP contribution in [0.25, 0.3) is 0 Å². The van der Waals surface area contributed by atoms with Crippen LogP contribution < -0.4 is 14.2 Å². The first-order valence-corrected chi connectivity index (χ1v) is 5.80. The fourth-order valence-electron chi connectivity index (χ4n) is 1.67. The van der Waals surface area contributed by atoms with Crippen LogP contribution in [0.1, 0.15) is 16.1 Å². The average Bonchev–Trinajstić information content (AvgIpc) is 2.93. The number of carbonyl (C=O) groups is 1. The predicted octanol–water partition coefficient (Wildman–Crippen LogP) is 2.57. The number of rotatable bonds is 6. The number of ether oxygens (including phenoxy) is 3. The number of carboxylic acid groups (broad SMARTS) is 1. The number of hydrogen-bond acceptors (Lipinski definition) is 5. The Balaban J connectivity index is 2.15. The smallest absolute Gasteiger partial charge is 0.338 e. The van der Waals surface area contributed by atoms with Gasteiger partial charge in [-0.05, 0) is 18.2 Å². The molecule has 20 heavy (non-hydrogen) atoms. The summed E-state index contributed by atoms with van der Waals surface area (Å²) in [6, 6.07) is 6.66. The summed E-state index contributed by atoms with van der Waals surface area (Å²) < 4.78 is 21.1. The van der Waals surface area contributed by atoms with Gasteiger partial charge in [0, 0.05) is 0 Å². The summed E-state index contributed by atoms with van der Waals surface area (Å²) in [7, 11) is 3.05. The van der Waals surface area contributed by atoms with Gasteiger partial charge in [-0.1, -0.05) is 6.07 Å². The van der Waals surface area contributed by atoms with E-state index in [1.165, 1.54) is 26.5 Å². The first kappa shape index (κ1) is 13.8. The summed E-state index contributed by atoms with van der Waals surface area (Å²) in [5.74, 6) is 0.833. The highest BCUT2D eigenvalue weighted by Gasteiger charge is 2.13. The molecule has 0 aliphatic heterocycles. The molecule has 0 fully saturated rings. The molecule has 6 nitrogen and oxygen atoms in total. The highest BCUT2D eigenvalue weighted by atomic mass is 16.5. The van der Waals surface area contributed by atoms with Crippen molar-refractivity contribution in [2.24, 2.45) is 0 Å². The van der Waals surface area contributed by atoms with Gasteiger partial charge in [0.15, 0.2) is 11.5 Å². The topological polar surface area (TPSA) is 78.1 Å². The van der Waals surface area contributed by atoms with Gasteiger partial charge >= 0.3 is 5.97 Å². The van der Waals surface area contributed by atoms with Crippen molar-refractivity contribution in [1.82, 2.24) is 0 Å². The maximum absolute atomic E-state index is 10.7. The van der Waals surface area contributed by atoms with Crippen molar-refractivity contribution in [3.8, 4) is 17.2 Å². The standard InChI is InChI=1S/C14H14O6/c1-17-11-4-3-5-12(18-2)13(11)20-8-10-6-9(7-19-10)14(15)16/h3-7H,8H2,1-2H3,(H,15,16). The van der Waals surface area contributed by atoms with Crippen LogP contribution >= 0.6 is 0 Å². The van der Waals surface area contributed by atoms with Gasteiger partial charge in [-0.3, -0.25) is 0 Å². The largest absolute Gasteiger partial charge is 0.493 e. The molecule has 1 heterocycles. The van der Waals surface area contributed by atoms with Gasteiger partial charge in [-0.25, -0.2) is 4.79 Å². The molecule has 0 atom stereocenters.